The minimum absolute atomic E-state index is 0.0685. The van der Waals surface area contributed by atoms with Gasteiger partial charge in [0, 0.05) is 18.8 Å². The maximum absolute atomic E-state index is 12.8. The molecule has 128 valence electrons. The van der Waals surface area contributed by atoms with Gasteiger partial charge in [0.25, 0.3) is 0 Å². The van der Waals surface area contributed by atoms with Gasteiger partial charge >= 0.3 is 5.24 Å². The quantitative estimate of drug-likeness (QED) is 0.780. The number of aliphatic hydroxyl groups excluding tert-OH is 2. The van der Waals surface area contributed by atoms with E-state index in [1.807, 2.05) is 6.92 Å². The molecule has 2 rings (SSSR count). The van der Waals surface area contributed by atoms with Crippen molar-refractivity contribution in [1.29, 1.82) is 0 Å². The highest BCUT2D eigenvalue weighted by molar-refractivity contribution is 7.79. The fourth-order valence-electron chi connectivity index (χ4n) is 2.00. The van der Waals surface area contributed by atoms with E-state index in [9.17, 15) is 14.6 Å². The monoisotopic (exact) mass is 346 g/mol. The lowest BCUT2D eigenvalue weighted by atomic mass is 10.1. The Labute approximate surface area is 138 Å². The molecule has 0 saturated carbocycles. The molecule has 1 heterocycles. The second-order valence-corrected chi connectivity index (χ2v) is 5.35. The van der Waals surface area contributed by atoms with Crippen molar-refractivity contribution in [2.75, 3.05) is 13.2 Å². The van der Waals surface area contributed by atoms with Gasteiger partial charge in [-0.3, -0.25) is 0 Å². The second kappa shape index (κ2) is 8.51. The number of aliphatic hydroxyl groups is 2. The number of hydrogen-bond acceptors (Lipinski definition) is 7. The van der Waals surface area contributed by atoms with Crippen LogP contribution in [0.15, 0.2) is 24.3 Å². The van der Waals surface area contributed by atoms with E-state index in [1.54, 1.807) is 0 Å². The summed E-state index contributed by atoms with van der Waals surface area (Å²) in [6, 6.07) is 5.21. The maximum Gasteiger partial charge on any atom is 0.358 e. The Morgan fingerprint density at radius 1 is 1.35 bits per heavy atom. The average molecular weight is 346 g/mol. The number of halogens is 1. The molecule has 6 nitrogen and oxygen atoms in total. The van der Waals surface area contributed by atoms with E-state index in [2.05, 4.69) is 0 Å². The predicted octanol–water partition coefficient (Wildman–Crippen LogP) is 1.38. The second-order valence-electron chi connectivity index (χ2n) is 5.02. The maximum atomic E-state index is 12.8. The molecule has 1 aliphatic heterocycles. The Morgan fingerprint density at radius 2 is 2.04 bits per heavy atom. The molecule has 0 aliphatic carbocycles. The molecule has 0 aromatic heterocycles. The van der Waals surface area contributed by atoms with Crippen LogP contribution in [-0.2, 0) is 14.2 Å². The molecule has 0 amide bonds. The zero-order chi connectivity index (χ0) is 16.8. The van der Waals surface area contributed by atoms with Crippen molar-refractivity contribution in [3.05, 3.63) is 30.1 Å². The van der Waals surface area contributed by atoms with Crippen molar-refractivity contribution < 1.29 is 33.6 Å². The van der Waals surface area contributed by atoms with Crippen LogP contribution < -0.4 is 4.74 Å². The first kappa shape index (κ1) is 18.0. The fraction of sp³-hybridized carbons (Fsp3) is 0.533. The Balaban J connectivity index is 1.97. The van der Waals surface area contributed by atoms with Crippen LogP contribution in [0.2, 0.25) is 0 Å². The highest BCUT2D eigenvalue weighted by Crippen LogP contribution is 2.21. The Hall–Kier alpha value is -1.32. The Morgan fingerprint density at radius 3 is 2.70 bits per heavy atom. The summed E-state index contributed by atoms with van der Waals surface area (Å²) < 4.78 is 34.2. The van der Waals surface area contributed by atoms with Crippen molar-refractivity contribution in [1.82, 2.24) is 0 Å². The first-order chi connectivity index (χ1) is 11.0. The molecule has 1 saturated heterocycles. The minimum atomic E-state index is -1.24. The molecule has 1 aliphatic rings. The van der Waals surface area contributed by atoms with Crippen LogP contribution in [0.5, 0.6) is 5.75 Å². The van der Waals surface area contributed by atoms with E-state index in [0.717, 1.165) is 6.42 Å². The van der Waals surface area contributed by atoms with Gasteiger partial charge in [-0.2, -0.15) is 0 Å². The van der Waals surface area contributed by atoms with Gasteiger partial charge in [-0.15, -0.1) is 0 Å². The number of benzene rings is 1. The standard InChI is InChI=1S/C15H19FO6S/c1-2-7-19-14-13(12(18)11(17)8-20-14)22-15(23)21-10-5-3-9(16)4-6-10/h3-6,11-14,17-18H,2,7-8H2,1H3/t11-,12+,13-,14+/m1/s1. The predicted molar refractivity (Wildman–Crippen MR) is 82.5 cm³/mol. The van der Waals surface area contributed by atoms with Crippen molar-refractivity contribution in [3.63, 3.8) is 0 Å². The first-order valence-electron chi connectivity index (χ1n) is 7.24. The van der Waals surface area contributed by atoms with Gasteiger partial charge in [-0.1, -0.05) is 6.92 Å². The topological polar surface area (TPSA) is 77.4 Å². The van der Waals surface area contributed by atoms with Crippen LogP contribution in [0.4, 0.5) is 4.39 Å². The lowest BCUT2D eigenvalue weighted by Crippen LogP contribution is -2.55. The van der Waals surface area contributed by atoms with Gasteiger partial charge in [0.05, 0.1) is 6.61 Å². The number of rotatable bonds is 5. The third-order valence-corrected chi connectivity index (χ3v) is 3.34. The van der Waals surface area contributed by atoms with Crippen molar-refractivity contribution in [3.8, 4) is 5.75 Å². The van der Waals surface area contributed by atoms with Gasteiger partial charge in [0.1, 0.15) is 23.8 Å². The molecule has 0 spiro atoms. The van der Waals surface area contributed by atoms with Crippen LogP contribution in [0.1, 0.15) is 13.3 Å². The molecule has 1 aromatic rings. The lowest BCUT2D eigenvalue weighted by molar-refractivity contribution is -0.267. The van der Waals surface area contributed by atoms with E-state index in [1.165, 1.54) is 24.3 Å². The van der Waals surface area contributed by atoms with E-state index >= 15 is 0 Å². The Bertz CT molecular complexity index is 509. The van der Waals surface area contributed by atoms with Crippen molar-refractivity contribution >= 4 is 17.5 Å². The molecular weight excluding hydrogens is 327 g/mol. The van der Waals surface area contributed by atoms with Crippen LogP contribution in [0.3, 0.4) is 0 Å². The highest BCUT2D eigenvalue weighted by Gasteiger charge is 2.42. The summed E-state index contributed by atoms with van der Waals surface area (Å²) >= 11 is 4.96. The molecule has 0 bridgehead atoms. The normalized spacial score (nSPS) is 27.5. The zero-order valence-corrected chi connectivity index (χ0v) is 13.4. The highest BCUT2D eigenvalue weighted by atomic mass is 32.1. The van der Waals surface area contributed by atoms with Gasteiger partial charge < -0.3 is 29.2 Å². The summed E-state index contributed by atoms with van der Waals surface area (Å²) in [4.78, 5) is 0. The van der Waals surface area contributed by atoms with Crippen LogP contribution >= 0.6 is 12.2 Å². The van der Waals surface area contributed by atoms with Gasteiger partial charge in [0.2, 0.25) is 0 Å². The van der Waals surface area contributed by atoms with Crippen LogP contribution in [0, 0.1) is 5.82 Å². The van der Waals surface area contributed by atoms with Crippen molar-refractivity contribution in [2.45, 2.75) is 37.9 Å². The van der Waals surface area contributed by atoms with Crippen LogP contribution in [-0.4, -0.2) is 53.3 Å². The molecule has 4 atom stereocenters. The van der Waals surface area contributed by atoms with Crippen LogP contribution in [0.25, 0.3) is 0 Å². The molecule has 8 heteroatoms. The summed E-state index contributed by atoms with van der Waals surface area (Å²) in [6.07, 6.45) is -3.50. The summed E-state index contributed by atoms with van der Waals surface area (Å²) in [5, 5.41) is 19.5. The SMILES string of the molecule is CCCO[C@H]1OC[C@@H](O)[C@H](O)[C@H]1OC(=S)Oc1ccc(F)cc1. The largest absolute Gasteiger partial charge is 0.445 e. The first-order valence-corrected chi connectivity index (χ1v) is 7.65. The zero-order valence-electron chi connectivity index (χ0n) is 12.6. The molecule has 0 radical (unpaired) electrons. The summed E-state index contributed by atoms with van der Waals surface area (Å²) in [5.74, 6) is -0.120. The van der Waals surface area contributed by atoms with Gasteiger partial charge in [0.15, 0.2) is 12.4 Å². The van der Waals surface area contributed by atoms with E-state index in [0.29, 0.717) is 6.61 Å². The third-order valence-electron chi connectivity index (χ3n) is 3.16. The summed E-state index contributed by atoms with van der Waals surface area (Å²) in [7, 11) is 0. The molecule has 0 unspecified atom stereocenters. The Kier molecular flexibility index (Phi) is 6.67. The van der Waals surface area contributed by atoms with Gasteiger partial charge in [-0.05, 0) is 30.7 Å². The van der Waals surface area contributed by atoms with Gasteiger partial charge in [-0.25, -0.2) is 4.39 Å². The smallest absolute Gasteiger partial charge is 0.358 e. The molecule has 2 N–H and O–H groups in total. The van der Waals surface area contributed by atoms with E-state index < -0.39 is 30.4 Å². The molecular formula is C15H19FO6S. The number of hydrogen-bond donors (Lipinski definition) is 2. The summed E-state index contributed by atoms with van der Waals surface area (Å²) in [6.45, 7) is 2.26. The fourth-order valence-corrected chi connectivity index (χ4v) is 2.21. The average Bonchev–Trinajstić information content (AvgIpc) is 2.53. The van der Waals surface area contributed by atoms with Crippen molar-refractivity contribution in [2.24, 2.45) is 0 Å². The minimum Gasteiger partial charge on any atom is -0.445 e. The summed E-state index contributed by atoms with van der Waals surface area (Å²) in [5.41, 5.74) is 0. The van der Waals surface area contributed by atoms with E-state index in [-0.39, 0.29) is 17.6 Å². The number of thiocarbonyl (C=S) groups is 1. The third kappa shape index (κ3) is 5.08. The molecule has 1 aromatic carbocycles. The number of ether oxygens (including phenoxy) is 4. The lowest BCUT2D eigenvalue weighted by Gasteiger charge is -2.37. The van der Waals surface area contributed by atoms with E-state index in [4.69, 9.17) is 31.2 Å². The molecule has 1 fully saturated rings. The molecule has 23 heavy (non-hydrogen) atoms.